The molecule has 0 spiro atoms. The van der Waals surface area contributed by atoms with Gasteiger partial charge in [-0.15, -0.1) is 0 Å². The van der Waals surface area contributed by atoms with E-state index < -0.39 is 11.9 Å². The molecule has 0 aliphatic rings. The van der Waals surface area contributed by atoms with Crippen LogP contribution in [0.2, 0.25) is 0 Å². The second kappa shape index (κ2) is 5.49. The maximum Gasteiger partial charge on any atom is 0.255 e. The van der Waals surface area contributed by atoms with Crippen molar-refractivity contribution in [2.45, 2.75) is 0 Å². The molecule has 1 N–H and O–H groups in total. The number of carbonyl (C=O) groups excluding carboxylic acids is 1. The van der Waals surface area contributed by atoms with Gasteiger partial charge in [0.15, 0.2) is 0 Å². The van der Waals surface area contributed by atoms with E-state index >= 15 is 0 Å². The fourth-order valence-corrected chi connectivity index (χ4v) is 1.77. The number of aromatic nitrogens is 4. The van der Waals surface area contributed by atoms with Gasteiger partial charge in [-0.3, -0.25) is 4.79 Å². The van der Waals surface area contributed by atoms with Crippen LogP contribution in [-0.4, -0.2) is 25.9 Å². The third kappa shape index (κ3) is 2.92. The monoisotopic (exact) mass is 283 g/mol. The van der Waals surface area contributed by atoms with Crippen molar-refractivity contribution in [1.82, 2.24) is 20.0 Å². The zero-order chi connectivity index (χ0) is 14.7. The molecule has 3 aromatic rings. The molecule has 7 heteroatoms. The maximum absolute atomic E-state index is 13.0. The normalized spacial score (nSPS) is 10.3. The number of pyridine rings is 1. The molecule has 0 bridgehead atoms. The molecule has 0 aliphatic heterocycles. The summed E-state index contributed by atoms with van der Waals surface area (Å²) in [6.07, 6.45) is 4.40. The average Bonchev–Trinajstić information content (AvgIpc) is 3.02. The van der Waals surface area contributed by atoms with Crippen LogP contribution in [0.4, 0.5) is 10.1 Å². The number of hydrogen-bond donors (Lipinski definition) is 1. The van der Waals surface area contributed by atoms with Crippen LogP contribution in [0.1, 0.15) is 10.4 Å². The van der Waals surface area contributed by atoms with E-state index in [0.29, 0.717) is 5.69 Å². The van der Waals surface area contributed by atoms with E-state index in [9.17, 15) is 9.18 Å². The van der Waals surface area contributed by atoms with Crippen LogP contribution in [0, 0.1) is 5.95 Å². The molecule has 0 unspecified atom stereocenters. The fraction of sp³-hybridized carbons (Fsp3) is 0. The number of rotatable bonds is 3. The lowest BCUT2D eigenvalue weighted by atomic mass is 10.2. The lowest BCUT2D eigenvalue weighted by Gasteiger charge is -2.06. The second-order valence-electron chi connectivity index (χ2n) is 4.19. The number of hydrogen-bond acceptors (Lipinski definition) is 4. The van der Waals surface area contributed by atoms with Gasteiger partial charge in [0.25, 0.3) is 5.91 Å². The quantitative estimate of drug-likeness (QED) is 0.747. The fourth-order valence-electron chi connectivity index (χ4n) is 1.77. The Morgan fingerprint density at radius 1 is 1.05 bits per heavy atom. The van der Waals surface area contributed by atoms with E-state index in [-0.39, 0.29) is 5.56 Å². The molecular weight excluding hydrogens is 273 g/mol. The molecule has 21 heavy (non-hydrogen) atoms. The maximum atomic E-state index is 13.0. The van der Waals surface area contributed by atoms with Crippen molar-refractivity contribution in [2.24, 2.45) is 0 Å². The number of nitrogens with zero attached hydrogens (tertiary/aromatic N) is 4. The van der Waals surface area contributed by atoms with Gasteiger partial charge < -0.3 is 5.32 Å². The van der Waals surface area contributed by atoms with E-state index in [4.69, 9.17) is 0 Å². The Morgan fingerprint density at radius 3 is 2.43 bits per heavy atom. The van der Waals surface area contributed by atoms with Gasteiger partial charge in [-0.25, -0.2) is 4.98 Å². The summed E-state index contributed by atoms with van der Waals surface area (Å²) >= 11 is 0. The number of amides is 1. The predicted octanol–water partition coefficient (Wildman–Crippen LogP) is 2.05. The zero-order valence-corrected chi connectivity index (χ0v) is 10.8. The Balaban J connectivity index is 1.75. The highest BCUT2D eigenvalue weighted by Gasteiger charge is 2.07. The Hall–Kier alpha value is -3.09. The minimum absolute atomic E-state index is 0.209. The molecule has 2 heterocycles. The van der Waals surface area contributed by atoms with Crippen molar-refractivity contribution in [1.29, 1.82) is 0 Å². The minimum Gasteiger partial charge on any atom is -0.322 e. The Labute approximate surface area is 119 Å². The third-order valence-electron chi connectivity index (χ3n) is 2.76. The molecule has 0 atom stereocenters. The first-order valence-electron chi connectivity index (χ1n) is 6.12. The minimum atomic E-state index is -0.692. The molecule has 2 aromatic heterocycles. The zero-order valence-electron chi connectivity index (χ0n) is 10.8. The third-order valence-corrected chi connectivity index (χ3v) is 2.76. The van der Waals surface area contributed by atoms with Crippen molar-refractivity contribution in [3.63, 3.8) is 0 Å². The Morgan fingerprint density at radius 2 is 1.76 bits per heavy atom. The van der Waals surface area contributed by atoms with Gasteiger partial charge in [0.1, 0.15) is 0 Å². The van der Waals surface area contributed by atoms with Gasteiger partial charge in [0.2, 0.25) is 5.95 Å². The number of carbonyl (C=O) groups is 1. The highest BCUT2D eigenvalue weighted by molar-refractivity contribution is 6.04. The molecular formula is C14H10FN5O. The summed E-state index contributed by atoms with van der Waals surface area (Å²) in [4.78, 5) is 16.8. The summed E-state index contributed by atoms with van der Waals surface area (Å²) in [5.41, 5.74) is 1.57. The number of benzene rings is 1. The van der Waals surface area contributed by atoms with Gasteiger partial charge in [-0.2, -0.15) is 19.4 Å². The molecule has 1 aromatic carbocycles. The van der Waals surface area contributed by atoms with E-state index in [1.165, 1.54) is 17.1 Å². The molecule has 1 amide bonds. The highest BCUT2D eigenvalue weighted by Crippen LogP contribution is 2.13. The molecule has 104 valence electrons. The average molecular weight is 283 g/mol. The van der Waals surface area contributed by atoms with Crippen LogP contribution in [0.15, 0.2) is 55.0 Å². The van der Waals surface area contributed by atoms with Crippen LogP contribution >= 0.6 is 0 Å². The Bertz CT molecular complexity index is 755. The van der Waals surface area contributed by atoms with Crippen LogP contribution in [0.3, 0.4) is 0 Å². The van der Waals surface area contributed by atoms with Crippen molar-refractivity contribution >= 4 is 11.6 Å². The summed E-state index contributed by atoms with van der Waals surface area (Å²) in [6, 6.07) is 9.49. The summed E-state index contributed by atoms with van der Waals surface area (Å²) < 4.78 is 13.0. The van der Waals surface area contributed by atoms with Crippen molar-refractivity contribution < 1.29 is 9.18 Å². The predicted molar refractivity (Wildman–Crippen MR) is 73.5 cm³/mol. The molecule has 0 fully saturated rings. The smallest absolute Gasteiger partial charge is 0.255 e. The summed E-state index contributed by atoms with van der Waals surface area (Å²) in [6.45, 7) is 0. The number of anilines is 1. The molecule has 0 saturated carbocycles. The van der Waals surface area contributed by atoms with Gasteiger partial charge >= 0.3 is 0 Å². The summed E-state index contributed by atoms with van der Waals surface area (Å²) in [7, 11) is 0. The molecule has 0 radical (unpaired) electrons. The van der Waals surface area contributed by atoms with Gasteiger partial charge in [-0.1, -0.05) is 0 Å². The SMILES string of the molecule is O=C(Nc1ccc(-n2nccn2)cc1)c1ccnc(F)c1. The van der Waals surface area contributed by atoms with E-state index in [2.05, 4.69) is 20.5 Å². The number of halogens is 1. The first-order valence-corrected chi connectivity index (χ1v) is 6.12. The van der Waals surface area contributed by atoms with Gasteiger partial charge in [-0.05, 0) is 30.3 Å². The summed E-state index contributed by atoms with van der Waals surface area (Å²) in [5, 5.41) is 10.7. The second-order valence-corrected chi connectivity index (χ2v) is 4.19. The largest absolute Gasteiger partial charge is 0.322 e. The molecule has 3 rings (SSSR count). The van der Waals surface area contributed by atoms with Crippen LogP contribution in [0.25, 0.3) is 5.69 Å². The van der Waals surface area contributed by atoms with Crippen molar-refractivity contribution in [2.75, 3.05) is 5.32 Å². The van der Waals surface area contributed by atoms with Crippen molar-refractivity contribution in [3.8, 4) is 5.69 Å². The van der Waals surface area contributed by atoms with E-state index in [1.54, 1.807) is 36.7 Å². The standard InChI is InChI=1S/C14H10FN5O/c15-13-9-10(5-6-16-13)14(21)19-11-1-3-12(4-2-11)20-17-7-8-18-20/h1-9H,(H,19,21). The first kappa shape index (κ1) is 12.9. The highest BCUT2D eigenvalue weighted by atomic mass is 19.1. The van der Waals surface area contributed by atoms with Crippen LogP contribution in [-0.2, 0) is 0 Å². The summed E-state index contributed by atoms with van der Waals surface area (Å²) in [5.74, 6) is -1.09. The van der Waals surface area contributed by atoms with Crippen LogP contribution < -0.4 is 5.32 Å². The lowest BCUT2D eigenvalue weighted by molar-refractivity contribution is 0.102. The number of nitrogens with one attached hydrogen (secondary N) is 1. The topological polar surface area (TPSA) is 72.7 Å². The molecule has 0 aliphatic carbocycles. The van der Waals surface area contributed by atoms with E-state index in [1.807, 2.05) is 0 Å². The van der Waals surface area contributed by atoms with Crippen LogP contribution in [0.5, 0.6) is 0 Å². The molecule has 6 nitrogen and oxygen atoms in total. The van der Waals surface area contributed by atoms with E-state index in [0.717, 1.165) is 11.8 Å². The van der Waals surface area contributed by atoms with Gasteiger partial charge in [0, 0.05) is 23.5 Å². The molecule has 0 saturated heterocycles. The first-order chi connectivity index (χ1) is 10.2. The van der Waals surface area contributed by atoms with Crippen molar-refractivity contribution in [3.05, 3.63) is 66.5 Å². The Kier molecular flexibility index (Phi) is 3.38. The lowest BCUT2D eigenvalue weighted by Crippen LogP contribution is -2.12. The van der Waals surface area contributed by atoms with Gasteiger partial charge in [0.05, 0.1) is 18.1 Å².